The first kappa shape index (κ1) is 16.7. The zero-order chi connectivity index (χ0) is 18.0. The standard InChI is InChI=1S/C17H13N5O2S/c1-11-5-3-4-6-15(11)21-12(2)19-20-17(21)25-16-8-7-14(22(23)24)9-13(16)10-18/h3-9H,1-2H3. The molecule has 0 amide bonds. The second-order valence-corrected chi connectivity index (χ2v) is 6.31. The Kier molecular flexibility index (Phi) is 4.50. The normalized spacial score (nSPS) is 10.4. The molecule has 0 aliphatic carbocycles. The van der Waals surface area contributed by atoms with Gasteiger partial charge in [0.05, 0.1) is 16.2 Å². The molecule has 1 aromatic heterocycles. The molecule has 25 heavy (non-hydrogen) atoms. The van der Waals surface area contributed by atoms with Crippen LogP contribution >= 0.6 is 11.8 Å². The number of aryl methyl sites for hydroxylation is 2. The van der Waals surface area contributed by atoms with Crippen LogP contribution < -0.4 is 0 Å². The Bertz CT molecular complexity index is 1010. The molecule has 0 fully saturated rings. The maximum absolute atomic E-state index is 10.9. The van der Waals surface area contributed by atoms with Gasteiger partial charge >= 0.3 is 0 Å². The van der Waals surface area contributed by atoms with Crippen molar-refractivity contribution in [3.05, 3.63) is 69.5 Å². The summed E-state index contributed by atoms with van der Waals surface area (Å²) in [6.07, 6.45) is 0. The van der Waals surface area contributed by atoms with Crippen molar-refractivity contribution in [1.82, 2.24) is 14.8 Å². The predicted octanol–water partition coefficient (Wildman–Crippen LogP) is 3.82. The summed E-state index contributed by atoms with van der Waals surface area (Å²) in [6.45, 7) is 3.85. The van der Waals surface area contributed by atoms with Crippen molar-refractivity contribution in [2.24, 2.45) is 0 Å². The van der Waals surface area contributed by atoms with E-state index in [4.69, 9.17) is 0 Å². The van der Waals surface area contributed by atoms with E-state index in [9.17, 15) is 15.4 Å². The maximum Gasteiger partial charge on any atom is 0.270 e. The highest BCUT2D eigenvalue weighted by Gasteiger charge is 2.17. The van der Waals surface area contributed by atoms with Crippen LogP contribution in [0.3, 0.4) is 0 Å². The van der Waals surface area contributed by atoms with E-state index in [-0.39, 0.29) is 11.3 Å². The van der Waals surface area contributed by atoms with Gasteiger partial charge in [0, 0.05) is 17.0 Å². The molecular weight excluding hydrogens is 338 g/mol. The van der Waals surface area contributed by atoms with Crippen LogP contribution in [0.2, 0.25) is 0 Å². The third-order valence-corrected chi connectivity index (χ3v) is 4.67. The molecule has 0 radical (unpaired) electrons. The summed E-state index contributed by atoms with van der Waals surface area (Å²) in [5, 5.41) is 29.1. The van der Waals surface area contributed by atoms with Crippen molar-refractivity contribution < 1.29 is 4.92 Å². The molecule has 0 saturated carbocycles. The zero-order valence-electron chi connectivity index (χ0n) is 13.5. The second-order valence-electron chi connectivity index (χ2n) is 5.30. The zero-order valence-corrected chi connectivity index (χ0v) is 14.3. The van der Waals surface area contributed by atoms with Crippen LogP contribution in [0, 0.1) is 35.3 Å². The quantitative estimate of drug-likeness (QED) is 0.523. The third kappa shape index (κ3) is 3.22. The summed E-state index contributed by atoms with van der Waals surface area (Å²) in [5.74, 6) is 0.720. The predicted molar refractivity (Wildman–Crippen MR) is 92.8 cm³/mol. The van der Waals surface area contributed by atoms with E-state index in [1.165, 1.54) is 23.9 Å². The summed E-state index contributed by atoms with van der Waals surface area (Å²) in [7, 11) is 0. The van der Waals surface area contributed by atoms with Gasteiger partial charge in [-0.15, -0.1) is 10.2 Å². The first-order valence-electron chi connectivity index (χ1n) is 7.35. The van der Waals surface area contributed by atoms with Crippen molar-refractivity contribution in [3.8, 4) is 11.8 Å². The van der Waals surface area contributed by atoms with E-state index < -0.39 is 4.92 Å². The fourth-order valence-corrected chi connectivity index (χ4v) is 3.36. The van der Waals surface area contributed by atoms with Gasteiger partial charge in [-0.25, -0.2) is 0 Å². The smallest absolute Gasteiger partial charge is 0.270 e. The summed E-state index contributed by atoms with van der Waals surface area (Å²) < 4.78 is 1.91. The lowest BCUT2D eigenvalue weighted by Crippen LogP contribution is -2.01. The van der Waals surface area contributed by atoms with Crippen LogP contribution in [0.4, 0.5) is 5.69 Å². The van der Waals surface area contributed by atoms with Gasteiger partial charge in [0.15, 0.2) is 0 Å². The SMILES string of the molecule is Cc1ccccc1-n1c(C)nnc1Sc1ccc([N+](=O)[O-])cc1C#N. The highest BCUT2D eigenvalue weighted by atomic mass is 32.2. The summed E-state index contributed by atoms with van der Waals surface area (Å²) >= 11 is 1.25. The number of para-hydroxylation sites is 1. The van der Waals surface area contributed by atoms with E-state index in [1.807, 2.05) is 48.7 Å². The Morgan fingerprint density at radius 1 is 1.20 bits per heavy atom. The lowest BCUT2D eigenvalue weighted by Gasteiger charge is -2.11. The molecule has 0 aliphatic heterocycles. The van der Waals surface area contributed by atoms with Gasteiger partial charge in [-0.1, -0.05) is 18.2 Å². The largest absolute Gasteiger partial charge is 0.274 e. The van der Waals surface area contributed by atoms with Gasteiger partial charge in [-0.2, -0.15) is 5.26 Å². The van der Waals surface area contributed by atoms with Crippen LogP contribution in [-0.2, 0) is 0 Å². The van der Waals surface area contributed by atoms with Crippen LogP contribution in [-0.4, -0.2) is 19.7 Å². The summed E-state index contributed by atoms with van der Waals surface area (Å²) in [5.41, 5.74) is 2.14. The van der Waals surface area contributed by atoms with Gasteiger partial charge in [-0.3, -0.25) is 14.7 Å². The average Bonchev–Trinajstić information content (AvgIpc) is 2.96. The molecule has 0 bridgehead atoms. The molecule has 1 heterocycles. The van der Waals surface area contributed by atoms with Crippen molar-refractivity contribution in [1.29, 1.82) is 5.26 Å². The Morgan fingerprint density at radius 2 is 1.96 bits per heavy atom. The van der Waals surface area contributed by atoms with Gasteiger partial charge < -0.3 is 0 Å². The number of benzene rings is 2. The first-order chi connectivity index (χ1) is 12.0. The number of nitriles is 1. The lowest BCUT2D eigenvalue weighted by molar-refractivity contribution is -0.384. The van der Waals surface area contributed by atoms with Crippen LogP contribution in [0.15, 0.2) is 52.5 Å². The molecule has 124 valence electrons. The Labute approximate surface area is 148 Å². The fraction of sp³-hybridized carbons (Fsp3) is 0.118. The van der Waals surface area contributed by atoms with Crippen molar-refractivity contribution >= 4 is 17.4 Å². The minimum Gasteiger partial charge on any atom is -0.274 e. The Balaban J connectivity index is 2.05. The van der Waals surface area contributed by atoms with Gasteiger partial charge in [0.2, 0.25) is 5.16 Å². The number of hydrogen-bond acceptors (Lipinski definition) is 6. The molecule has 3 rings (SSSR count). The first-order valence-corrected chi connectivity index (χ1v) is 8.17. The van der Waals surface area contributed by atoms with E-state index in [0.717, 1.165) is 17.1 Å². The number of non-ortho nitro benzene ring substituents is 1. The highest BCUT2D eigenvalue weighted by molar-refractivity contribution is 7.99. The van der Waals surface area contributed by atoms with Crippen LogP contribution in [0.5, 0.6) is 0 Å². The molecule has 0 unspecified atom stereocenters. The number of nitrogens with zero attached hydrogens (tertiary/aromatic N) is 5. The number of rotatable bonds is 4. The number of nitro groups is 1. The number of hydrogen-bond donors (Lipinski definition) is 0. The van der Waals surface area contributed by atoms with Crippen molar-refractivity contribution in [2.75, 3.05) is 0 Å². The van der Waals surface area contributed by atoms with E-state index in [1.54, 1.807) is 6.07 Å². The Morgan fingerprint density at radius 3 is 2.64 bits per heavy atom. The van der Waals surface area contributed by atoms with E-state index in [2.05, 4.69) is 10.2 Å². The molecule has 0 spiro atoms. The molecule has 0 N–H and O–H groups in total. The van der Waals surface area contributed by atoms with Gasteiger partial charge in [0.25, 0.3) is 5.69 Å². The molecule has 2 aromatic carbocycles. The molecule has 0 saturated heterocycles. The number of aromatic nitrogens is 3. The van der Waals surface area contributed by atoms with Crippen molar-refractivity contribution in [2.45, 2.75) is 23.9 Å². The second kappa shape index (κ2) is 6.75. The molecule has 8 heteroatoms. The topological polar surface area (TPSA) is 97.6 Å². The van der Waals surface area contributed by atoms with Gasteiger partial charge in [0.1, 0.15) is 11.9 Å². The van der Waals surface area contributed by atoms with Crippen molar-refractivity contribution in [3.63, 3.8) is 0 Å². The summed E-state index contributed by atoms with van der Waals surface area (Å²) in [4.78, 5) is 11.0. The molecule has 7 nitrogen and oxygen atoms in total. The Hall–Kier alpha value is -3.18. The molecule has 0 aliphatic rings. The fourth-order valence-electron chi connectivity index (χ4n) is 2.41. The number of nitro benzene ring substituents is 1. The van der Waals surface area contributed by atoms with Crippen LogP contribution in [0.1, 0.15) is 17.0 Å². The van der Waals surface area contributed by atoms with Gasteiger partial charge in [-0.05, 0) is 43.3 Å². The summed E-state index contributed by atoms with van der Waals surface area (Å²) in [6, 6.07) is 14.1. The minimum atomic E-state index is -0.519. The van der Waals surface area contributed by atoms with E-state index >= 15 is 0 Å². The van der Waals surface area contributed by atoms with E-state index in [0.29, 0.717) is 10.1 Å². The van der Waals surface area contributed by atoms with Crippen LogP contribution in [0.25, 0.3) is 5.69 Å². The molecule has 3 aromatic rings. The third-order valence-electron chi connectivity index (χ3n) is 3.65. The lowest BCUT2D eigenvalue weighted by atomic mass is 10.2. The maximum atomic E-state index is 10.9. The monoisotopic (exact) mass is 351 g/mol. The highest BCUT2D eigenvalue weighted by Crippen LogP contribution is 2.33. The molecular formula is C17H13N5O2S. The molecule has 0 atom stereocenters. The minimum absolute atomic E-state index is 0.113. The average molecular weight is 351 g/mol.